The highest BCUT2D eigenvalue weighted by Crippen LogP contribution is 2.18. The van der Waals surface area contributed by atoms with Crippen LogP contribution in [0.4, 0.5) is 0 Å². The van der Waals surface area contributed by atoms with Gasteiger partial charge in [-0.3, -0.25) is 4.79 Å². The molecule has 4 aromatic rings. The van der Waals surface area contributed by atoms with Gasteiger partial charge in [0.15, 0.2) is 0 Å². The molecule has 0 saturated heterocycles. The van der Waals surface area contributed by atoms with E-state index >= 15 is 0 Å². The quantitative estimate of drug-likeness (QED) is 0.312. The molecule has 0 spiro atoms. The number of nitrogens with zero attached hydrogens (tertiary/aromatic N) is 2. The Kier molecular flexibility index (Phi) is 6.61. The number of carbonyl (C=O) groups excluding carboxylic acids is 1. The number of nitrogens with one attached hydrogen (secondary N) is 1. The standard InChI is InChI=1S/C26H21N3O4/c30-25(22-8-2-3-9-23(22)29-15-5-6-16-29)28-27-17-21-7-1-4-10-24(21)33-18-19-11-13-20(14-12-19)26(31)32/h1-17H,18H2,(H,28,30)(H,31,32)/b27-17-. The summed E-state index contributed by atoms with van der Waals surface area (Å²) in [6.45, 7) is 0.265. The number of carboxylic acid groups (broad SMARTS) is 1. The summed E-state index contributed by atoms with van der Waals surface area (Å²) in [5, 5.41) is 13.1. The van der Waals surface area contributed by atoms with E-state index in [-0.39, 0.29) is 18.1 Å². The van der Waals surface area contributed by atoms with Crippen molar-refractivity contribution in [2.45, 2.75) is 6.61 Å². The zero-order valence-corrected chi connectivity index (χ0v) is 17.6. The van der Waals surface area contributed by atoms with Gasteiger partial charge in [0.1, 0.15) is 12.4 Å². The van der Waals surface area contributed by atoms with Crippen LogP contribution in [0.1, 0.15) is 31.8 Å². The molecule has 0 radical (unpaired) electrons. The van der Waals surface area contributed by atoms with Crippen LogP contribution in [0.2, 0.25) is 0 Å². The maximum Gasteiger partial charge on any atom is 0.335 e. The van der Waals surface area contributed by atoms with E-state index in [0.717, 1.165) is 11.3 Å². The van der Waals surface area contributed by atoms with Gasteiger partial charge < -0.3 is 14.4 Å². The summed E-state index contributed by atoms with van der Waals surface area (Å²) in [7, 11) is 0. The van der Waals surface area contributed by atoms with Crippen LogP contribution in [-0.2, 0) is 6.61 Å². The summed E-state index contributed by atoms with van der Waals surface area (Å²) < 4.78 is 7.74. The largest absolute Gasteiger partial charge is 0.488 e. The van der Waals surface area contributed by atoms with E-state index in [1.54, 1.807) is 30.3 Å². The van der Waals surface area contributed by atoms with Crippen LogP contribution in [0, 0.1) is 0 Å². The highest BCUT2D eigenvalue weighted by atomic mass is 16.5. The van der Waals surface area contributed by atoms with Crippen LogP contribution in [0.25, 0.3) is 5.69 Å². The maximum atomic E-state index is 12.7. The lowest BCUT2D eigenvalue weighted by Gasteiger charge is -2.10. The first-order valence-electron chi connectivity index (χ1n) is 10.2. The number of rotatable bonds is 8. The van der Waals surface area contributed by atoms with Crippen LogP contribution >= 0.6 is 0 Å². The molecule has 1 heterocycles. The number of hydrazone groups is 1. The fraction of sp³-hybridized carbons (Fsp3) is 0.0385. The first-order valence-corrected chi connectivity index (χ1v) is 10.2. The van der Waals surface area contributed by atoms with Crippen molar-refractivity contribution in [1.82, 2.24) is 9.99 Å². The summed E-state index contributed by atoms with van der Waals surface area (Å²) in [4.78, 5) is 23.7. The molecule has 0 fully saturated rings. The predicted octanol–water partition coefficient (Wildman–Crippen LogP) is 4.52. The summed E-state index contributed by atoms with van der Waals surface area (Å²) in [5.74, 6) is -0.708. The molecule has 0 aliphatic rings. The minimum Gasteiger partial charge on any atom is -0.488 e. The Morgan fingerprint density at radius 2 is 1.61 bits per heavy atom. The fourth-order valence-electron chi connectivity index (χ4n) is 3.23. The molecule has 3 aromatic carbocycles. The monoisotopic (exact) mass is 439 g/mol. The summed E-state index contributed by atoms with van der Waals surface area (Å²) in [6, 6.07) is 24.9. The predicted molar refractivity (Wildman–Crippen MR) is 125 cm³/mol. The molecule has 0 saturated carbocycles. The van der Waals surface area contributed by atoms with E-state index < -0.39 is 5.97 Å². The Hall–Kier alpha value is -4.65. The van der Waals surface area contributed by atoms with Crippen LogP contribution in [0.3, 0.4) is 0 Å². The molecule has 0 bridgehead atoms. The van der Waals surface area contributed by atoms with Gasteiger partial charge in [-0.25, -0.2) is 10.2 Å². The smallest absolute Gasteiger partial charge is 0.335 e. The Morgan fingerprint density at radius 1 is 0.909 bits per heavy atom. The second kappa shape index (κ2) is 10.1. The van der Waals surface area contributed by atoms with Crippen molar-refractivity contribution in [2.24, 2.45) is 5.10 Å². The minimum absolute atomic E-state index is 0.223. The van der Waals surface area contributed by atoms with Crippen molar-refractivity contribution in [3.05, 3.63) is 120 Å². The Balaban J connectivity index is 1.42. The highest BCUT2D eigenvalue weighted by Gasteiger charge is 2.11. The molecule has 2 N–H and O–H groups in total. The number of ether oxygens (including phenoxy) is 1. The third-order valence-electron chi connectivity index (χ3n) is 4.92. The topological polar surface area (TPSA) is 92.9 Å². The average molecular weight is 439 g/mol. The van der Waals surface area contributed by atoms with Gasteiger partial charge in [0.2, 0.25) is 0 Å². The van der Waals surface area contributed by atoms with E-state index in [1.807, 2.05) is 59.4 Å². The summed E-state index contributed by atoms with van der Waals surface area (Å²) >= 11 is 0. The number of carboxylic acids is 1. The molecule has 164 valence electrons. The lowest BCUT2D eigenvalue weighted by molar-refractivity contribution is 0.0696. The van der Waals surface area contributed by atoms with Crippen LogP contribution in [0.5, 0.6) is 5.75 Å². The van der Waals surface area contributed by atoms with Crippen molar-refractivity contribution in [3.63, 3.8) is 0 Å². The molecule has 4 rings (SSSR count). The molecule has 0 aliphatic carbocycles. The molecule has 0 atom stereocenters. The van der Waals surface area contributed by atoms with Crippen LogP contribution < -0.4 is 10.2 Å². The number of benzene rings is 3. The zero-order valence-electron chi connectivity index (χ0n) is 17.6. The zero-order chi connectivity index (χ0) is 23.0. The number of para-hydroxylation sites is 2. The van der Waals surface area contributed by atoms with Crippen molar-refractivity contribution < 1.29 is 19.4 Å². The van der Waals surface area contributed by atoms with Gasteiger partial charge in [-0.05, 0) is 54.1 Å². The molecule has 7 heteroatoms. The number of aromatic carboxylic acids is 1. The molecule has 1 aromatic heterocycles. The number of amides is 1. The number of carbonyl (C=O) groups is 2. The van der Waals surface area contributed by atoms with Crippen molar-refractivity contribution in [2.75, 3.05) is 0 Å². The molecule has 7 nitrogen and oxygen atoms in total. The normalized spacial score (nSPS) is 10.8. The van der Waals surface area contributed by atoms with Gasteiger partial charge in [0, 0.05) is 18.0 Å². The second-order valence-electron chi connectivity index (χ2n) is 7.14. The van der Waals surface area contributed by atoms with E-state index in [0.29, 0.717) is 16.9 Å². The van der Waals surface area contributed by atoms with Crippen molar-refractivity contribution in [1.29, 1.82) is 0 Å². The first kappa shape index (κ1) is 21.6. The van der Waals surface area contributed by atoms with Crippen molar-refractivity contribution >= 4 is 18.1 Å². The van der Waals surface area contributed by atoms with Crippen LogP contribution in [0.15, 0.2) is 102 Å². The third-order valence-corrected chi connectivity index (χ3v) is 4.92. The van der Waals surface area contributed by atoms with Crippen LogP contribution in [-0.4, -0.2) is 27.8 Å². The number of hydrogen-bond donors (Lipinski definition) is 2. The highest BCUT2D eigenvalue weighted by molar-refractivity contribution is 5.98. The molecular formula is C26H21N3O4. The number of hydrogen-bond acceptors (Lipinski definition) is 4. The lowest BCUT2D eigenvalue weighted by atomic mass is 10.1. The SMILES string of the molecule is O=C(O)c1ccc(COc2ccccc2/C=N\NC(=O)c2ccccc2-n2cccc2)cc1. The molecule has 0 unspecified atom stereocenters. The number of aromatic nitrogens is 1. The molecule has 33 heavy (non-hydrogen) atoms. The lowest BCUT2D eigenvalue weighted by Crippen LogP contribution is -2.19. The summed E-state index contributed by atoms with van der Waals surface area (Å²) in [6.07, 6.45) is 5.27. The third kappa shape index (κ3) is 5.34. The Morgan fingerprint density at radius 3 is 2.36 bits per heavy atom. The molecule has 0 aliphatic heterocycles. The Bertz CT molecular complexity index is 1280. The van der Waals surface area contributed by atoms with Gasteiger partial charge in [-0.15, -0.1) is 0 Å². The molecule has 1 amide bonds. The van der Waals surface area contributed by atoms with E-state index in [4.69, 9.17) is 9.84 Å². The summed E-state index contributed by atoms with van der Waals surface area (Å²) in [5.41, 5.74) is 5.58. The first-order chi connectivity index (χ1) is 16.1. The van der Waals surface area contributed by atoms with E-state index in [1.165, 1.54) is 18.3 Å². The van der Waals surface area contributed by atoms with Gasteiger partial charge >= 0.3 is 5.97 Å². The molecular weight excluding hydrogens is 418 g/mol. The van der Waals surface area contributed by atoms with E-state index in [9.17, 15) is 9.59 Å². The maximum absolute atomic E-state index is 12.7. The minimum atomic E-state index is -0.970. The van der Waals surface area contributed by atoms with Gasteiger partial charge in [-0.2, -0.15) is 5.10 Å². The van der Waals surface area contributed by atoms with Gasteiger partial charge in [-0.1, -0.05) is 36.4 Å². The van der Waals surface area contributed by atoms with Gasteiger partial charge in [0.25, 0.3) is 5.91 Å². The van der Waals surface area contributed by atoms with E-state index in [2.05, 4.69) is 10.5 Å². The Labute approximate surface area is 190 Å². The second-order valence-corrected chi connectivity index (χ2v) is 7.14. The average Bonchev–Trinajstić information content (AvgIpc) is 3.38. The van der Waals surface area contributed by atoms with Crippen molar-refractivity contribution in [3.8, 4) is 11.4 Å². The van der Waals surface area contributed by atoms with Gasteiger partial charge in [0.05, 0.1) is 23.0 Å². The fourth-order valence-corrected chi connectivity index (χ4v) is 3.23.